The van der Waals surface area contributed by atoms with E-state index in [1.54, 1.807) is 6.07 Å². The molecule has 0 amide bonds. The van der Waals surface area contributed by atoms with Gasteiger partial charge in [-0.05, 0) is 13.0 Å². The van der Waals surface area contributed by atoms with E-state index in [-0.39, 0.29) is 0 Å². The van der Waals surface area contributed by atoms with E-state index >= 15 is 0 Å². The Morgan fingerprint density at radius 1 is 1.40 bits per heavy atom. The maximum absolute atomic E-state index is 6.00. The van der Waals surface area contributed by atoms with E-state index < -0.39 is 0 Å². The molecule has 15 heavy (non-hydrogen) atoms. The highest BCUT2D eigenvalue weighted by atomic mass is 35.5. The van der Waals surface area contributed by atoms with E-state index in [2.05, 4.69) is 9.97 Å². The molecule has 0 fully saturated rings. The number of aryl methyl sites for hydroxylation is 1. The summed E-state index contributed by atoms with van der Waals surface area (Å²) in [6.45, 7) is 1.90. The highest BCUT2D eigenvalue weighted by molar-refractivity contribution is 7.15. The molecular weight excluding hydrogens is 253 g/mol. The molecule has 2 heterocycles. The molecule has 2 aromatic rings. The fraction of sp³-hybridized carbons (Fsp3) is 0.111. The van der Waals surface area contributed by atoms with Gasteiger partial charge in [-0.15, -0.1) is 11.3 Å². The van der Waals surface area contributed by atoms with Gasteiger partial charge in [0, 0.05) is 11.1 Å². The average Bonchev–Trinajstić information content (AvgIpc) is 2.46. The summed E-state index contributed by atoms with van der Waals surface area (Å²) in [5.74, 6) is 0.516. The first-order valence-electron chi connectivity index (χ1n) is 4.12. The number of aromatic nitrogens is 2. The van der Waals surface area contributed by atoms with Crippen molar-refractivity contribution in [2.75, 3.05) is 5.73 Å². The topological polar surface area (TPSA) is 51.8 Å². The molecule has 2 aromatic heterocycles. The molecule has 0 radical (unpaired) electrons. The Kier molecular flexibility index (Phi) is 2.82. The van der Waals surface area contributed by atoms with E-state index in [1.807, 2.05) is 6.92 Å². The molecule has 0 saturated heterocycles. The Morgan fingerprint density at radius 3 is 2.67 bits per heavy atom. The van der Waals surface area contributed by atoms with Crippen LogP contribution >= 0.6 is 34.5 Å². The lowest BCUT2D eigenvalue weighted by atomic mass is 10.3. The molecule has 0 aliphatic carbocycles. The van der Waals surface area contributed by atoms with Crippen molar-refractivity contribution >= 4 is 40.4 Å². The molecule has 0 spiro atoms. The molecule has 0 aliphatic rings. The second-order valence-electron chi connectivity index (χ2n) is 2.94. The lowest BCUT2D eigenvalue weighted by Crippen LogP contribution is -1.88. The fourth-order valence-corrected chi connectivity index (χ4v) is 2.45. The summed E-state index contributed by atoms with van der Waals surface area (Å²) in [5.41, 5.74) is 6.28. The van der Waals surface area contributed by atoms with Crippen LogP contribution in [0, 0.1) is 6.92 Å². The fourth-order valence-electron chi connectivity index (χ4n) is 1.08. The van der Waals surface area contributed by atoms with Crippen molar-refractivity contribution in [2.45, 2.75) is 6.92 Å². The number of halogens is 2. The number of pyridine rings is 1. The van der Waals surface area contributed by atoms with E-state index in [0.29, 0.717) is 26.6 Å². The highest BCUT2D eigenvalue weighted by Crippen LogP contribution is 2.32. The third-order valence-corrected chi connectivity index (χ3v) is 3.33. The maximum atomic E-state index is 6.00. The molecule has 0 unspecified atom stereocenters. The number of hydrogen-bond acceptors (Lipinski definition) is 4. The van der Waals surface area contributed by atoms with Gasteiger partial charge in [-0.2, -0.15) is 0 Å². The van der Waals surface area contributed by atoms with Crippen molar-refractivity contribution in [1.82, 2.24) is 9.97 Å². The van der Waals surface area contributed by atoms with E-state index in [1.165, 1.54) is 17.5 Å². The van der Waals surface area contributed by atoms with Gasteiger partial charge in [0.1, 0.15) is 16.5 Å². The number of anilines is 1. The zero-order chi connectivity index (χ0) is 11.0. The molecule has 3 nitrogen and oxygen atoms in total. The molecule has 2 rings (SSSR count). The largest absolute Gasteiger partial charge is 0.383 e. The Labute approximate surface area is 101 Å². The quantitative estimate of drug-likeness (QED) is 0.854. The van der Waals surface area contributed by atoms with E-state index in [4.69, 9.17) is 28.9 Å². The first-order valence-corrected chi connectivity index (χ1v) is 5.69. The van der Waals surface area contributed by atoms with Gasteiger partial charge in [0.15, 0.2) is 0 Å². The average molecular weight is 260 g/mol. The molecule has 0 saturated carbocycles. The van der Waals surface area contributed by atoms with Crippen LogP contribution < -0.4 is 5.73 Å². The van der Waals surface area contributed by atoms with Crippen LogP contribution in [-0.2, 0) is 0 Å². The first kappa shape index (κ1) is 10.7. The van der Waals surface area contributed by atoms with Crippen LogP contribution in [0.1, 0.15) is 4.88 Å². The Balaban J connectivity index is 2.54. The molecule has 0 bridgehead atoms. The van der Waals surface area contributed by atoms with Crippen LogP contribution in [0.25, 0.3) is 10.7 Å². The second kappa shape index (κ2) is 3.96. The molecule has 0 aliphatic heterocycles. The van der Waals surface area contributed by atoms with Gasteiger partial charge in [-0.25, -0.2) is 4.98 Å². The van der Waals surface area contributed by atoms with Crippen LogP contribution in [-0.4, -0.2) is 9.97 Å². The monoisotopic (exact) mass is 259 g/mol. The first-order chi connectivity index (χ1) is 7.08. The SMILES string of the molecule is Cc1sc(-c2ncc(Cl)cc2Cl)nc1N. The number of nitrogen functional groups attached to an aromatic ring is 1. The van der Waals surface area contributed by atoms with Gasteiger partial charge in [0.2, 0.25) is 0 Å². The zero-order valence-corrected chi connectivity index (χ0v) is 10.1. The number of hydrogen-bond donors (Lipinski definition) is 1. The van der Waals surface area contributed by atoms with Gasteiger partial charge < -0.3 is 5.73 Å². The molecule has 0 atom stereocenters. The third-order valence-electron chi connectivity index (χ3n) is 1.84. The highest BCUT2D eigenvalue weighted by Gasteiger charge is 2.11. The number of nitrogens with two attached hydrogens (primary N) is 1. The van der Waals surface area contributed by atoms with Gasteiger partial charge in [0.25, 0.3) is 0 Å². The lowest BCUT2D eigenvalue weighted by molar-refractivity contribution is 1.29. The maximum Gasteiger partial charge on any atom is 0.146 e. The number of rotatable bonds is 1. The lowest BCUT2D eigenvalue weighted by Gasteiger charge is -1.98. The molecular formula is C9H7Cl2N3S. The smallest absolute Gasteiger partial charge is 0.146 e. The van der Waals surface area contributed by atoms with Crippen molar-refractivity contribution in [3.63, 3.8) is 0 Å². The minimum atomic E-state index is 0.483. The van der Waals surface area contributed by atoms with Crippen LogP contribution in [0.4, 0.5) is 5.82 Å². The summed E-state index contributed by atoms with van der Waals surface area (Å²) in [4.78, 5) is 9.26. The van der Waals surface area contributed by atoms with Crippen molar-refractivity contribution in [2.24, 2.45) is 0 Å². The molecule has 2 N–H and O–H groups in total. The Hall–Kier alpha value is -0.840. The summed E-state index contributed by atoms with van der Waals surface area (Å²) in [5, 5.41) is 1.70. The van der Waals surface area contributed by atoms with Gasteiger partial charge in [-0.3, -0.25) is 4.98 Å². The van der Waals surface area contributed by atoms with Crippen molar-refractivity contribution < 1.29 is 0 Å². The van der Waals surface area contributed by atoms with Crippen LogP contribution in [0.15, 0.2) is 12.3 Å². The summed E-state index contributed by atoms with van der Waals surface area (Å²) in [6, 6.07) is 1.64. The molecule has 0 aromatic carbocycles. The standard InChI is InChI=1S/C9H7Cl2N3S/c1-4-8(12)14-9(15-4)7-6(11)2-5(10)3-13-7/h2-3H,12H2,1H3. The Morgan fingerprint density at radius 2 is 2.13 bits per heavy atom. The van der Waals surface area contributed by atoms with Gasteiger partial charge >= 0.3 is 0 Å². The minimum absolute atomic E-state index is 0.483. The van der Waals surface area contributed by atoms with Crippen molar-refractivity contribution in [3.05, 3.63) is 27.2 Å². The Bertz CT molecular complexity index is 491. The van der Waals surface area contributed by atoms with Crippen molar-refractivity contribution in [3.8, 4) is 10.7 Å². The van der Waals surface area contributed by atoms with Crippen LogP contribution in [0.3, 0.4) is 0 Å². The zero-order valence-electron chi connectivity index (χ0n) is 7.79. The second-order valence-corrected chi connectivity index (χ2v) is 4.99. The predicted octanol–water partition coefficient (Wildman–Crippen LogP) is 3.40. The summed E-state index contributed by atoms with van der Waals surface area (Å²) >= 11 is 13.2. The predicted molar refractivity (Wildman–Crippen MR) is 64.5 cm³/mol. The molecule has 78 valence electrons. The van der Waals surface area contributed by atoms with Crippen LogP contribution in [0.2, 0.25) is 10.0 Å². The number of thiazole rings is 1. The van der Waals surface area contributed by atoms with Crippen molar-refractivity contribution in [1.29, 1.82) is 0 Å². The van der Waals surface area contributed by atoms with Gasteiger partial charge in [0.05, 0.1) is 10.0 Å². The molecule has 6 heteroatoms. The summed E-state index contributed by atoms with van der Waals surface area (Å²) in [6.07, 6.45) is 1.54. The summed E-state index contributed by atoms with van der Waals surface area (Å²) in [7, 11) is 0. The van der Waals surface area contributed by atoms with E-state index in [0.717, 1.165) is 4.88 Å². The van der Waals surface area contributed by atoms with E-state index in [9.17, 15) is 0 Å². The van der Waals surface area contributed by atoms with Crippen LogP contribution in [0.5, 0.6) is 0 Å². The third kappa shape index (κ3) is 2.07. The number of nitrogens with zero attached hydrogens (tertiary/aromatic N) is 2. The minimum Gasteiger partial charge on any atom is -0.383 e. The van der Waals surface area contributed by atoms with Gasteiger partial charge in [-0.1, -0.05) is 23.2 Å². The summed E-state index contributed by atoms with van der Waals surface area (Å²) < 4.78 is 0. The normalized spacial score (nSPS) is 10.6.